The molecule has 1 unspecified atom stereocenters. The zero-order valence-corrected chi connectivity index (χ0v) is 19.9. The summed E-state index contributed by atoms with van der Waals surface area (Å²) >= 11 is 12.0. The van der Waals surface area contributed by atoms with Crippen molar-refractivity contribution in [1.29, 1.82) is 0 Å². The summed E-state index contributed by atoms with van der Waals surface area (Å²) in [4.78, 5) is 40.0. The van der Waals surface area contributed by atoms with Crippen LogP contribution in [0.25, 0.3) is 0 Å². The number of imide groups is 1. The molecule has 0 radical (unpaired) electrons. The SMILES string of the molecule is O=C(CN1C(=O)c2ccccc2C1=O)NCC(O)CN1CCC(Oc2ccc(Cl)c(Cl)c2)CC1. The van der Waals surface area contributed by atoms with Crippen LogP contribution in [0.4, 0.5) is 0 Å². The number of ether oxygens (including phenoxy) is 1. The molecule has 0 aliphatic carbocycles. The van der Waals surface area contributed by atoms with Gasteiger partial charge in [-0.15, -0.1) is 0 Å². The Labute approximate surface area is 207 Å². The van der Waals surface area contributed by atoms with Crippen molar-refractivity contribution in [2.24, 2.45) is 0 Å². The Morgan fingerprint density at radius 1 is 1.06 bits per heavy atom. The van der Waals surface area contributed by atoms with E-state index in [4.69, 9.17) is 27.9 Å². The lowest BCUT2D eigenvalue weighted by Gasteiger charge is -2.33. The van der Waals surface area contributed by atoms with Gasteiger partial charge >= 0.3 is 0 Å². The summed E-state index contributed by atoms with van der Waals surface area (Å²) in [6.45, 7) is 1.53. The van der Waals surface area contributed by atoms with E-state index in [1.807, 2.05) is 0 Å². The van der Waals surface area contributed by atoms with Crippen molar-refractivity contribution in [1.82, 2.24) is 15.1 Å². The number of fused-ring (bicyclic) bond motifs is 1. The van der Waals surface area contributed by atoms with Gasteiger partial charge in [0.15, 0.2) is 0 Å². The third kappa shape index (κ3) is 5.70. The Kier molecular flexibility index (Phi) is 7.73. The molecule has 2 aromatic rings. The Bertz CT molecular complexity index is 1050. The fourth-order valence-corrected chi connectivity index (χ4v) is 4.42. The zero-order chi connectivity index (χ0) is 24.2. The maximum atomic E-state index is 12.4. The minimum Gasteiger partial charge on any atom is -0.490 e. The Balaban J connectivity index is 1.17. The van der Waals surface area contributed by atoms with Crippen LogP contribution < -0.4 is 10.1 Å². The van der Waals surface area contributed by atoms with Gasteiger partial charge < -0.3 is 20.1 Å². The van der Waals surface area contributed by atoms with Gasteiger partial charge in [0.2, 0.25) is 5.91 Å². The molecule has 3 amide bonds. The molecule has 10 heteroatoms. The smallest absolute Gasteiger partial charge is 0.262 e. The van der Waals surface area contributed by atoms with Crippen LogP contribution in [0.1, 0.15) is 33.6 Å². The quantitative estimate of drug-likeness (QED) is 0.535. The van der Waals surface area contributed by atoms with Crippen molar-refractivity contribution in [3.05, 3.63) is 63.6 Å². The number of hydrogen-bond donors (Lipinski definition) is 2. The van der Waals surface area contributed by atoms with Crippen molar-refractivity contribution in [2.75, 3.05) is 32.7 Å². The van der Waals surface area contributed by atoms with E-state index in [1.54, 1.807) is 42.5 Å². The Hall–Kier alpha value is -2.65. The summed E-state index contributed by atoms with van der Waals surface area (Å²) in [6.07, 6.45) is 0.849. The average molecular weight is 506 g/mol. The number of nitrogens with one attached hydrogen (secondary N) is 1. The second-order valence-corrected chi connectivity index (χ2v) is 9.21. The molecule has 1 fully saturated rings. The number of aliphatic hydroxyl groups excluding tert-OH is 1. The molecule has 2 N–H and O–H groups in total. The standard InChI is InChI=1S/C24H25Cl2N3O5/c25-20-6-5-17(11-21(20)26)34-16-7-9-28(10-8-16)13-15(30)12-27-22(31)14-29-23(32)18-3-1-2-4-19(18)24(29)33/h1-6,11,15-16,30H,7-10,12-14H2,(H,27,31). The second-order valence-electron chi connectivity index (χ2n) is 8.39. The van der Waals surface area contributed by atoms with Crippen molar-refractivity contribution in [3.63, 3.8) is 0 Å². The predicted octanol–water partition coefficient (Wildman–Crippen LogP) is 2.61. The number of amides is 3. The van der Waals surface area contributed by atoms with Gasteiger partial charge in [-0.25, -0.2) is 0 Å². The van der Waals surface area contributed by atoms with Crippen LogP contribution in [-0.4, -0.2) is 77.6 Å². The van der Waals surface area contributed by atoms with Gasteiger partial charge in [-0.1, -0.05) is 35.3 Å². The number of piperidine rings is 1. The first-order chi connectivity index (χ1) is 16.3. The number of carbonyl (C=O) groups excluding carboxylic acids is 3. The highest BCUT2D eigenvalue weighted by Gasteiger charge is 2.36. The van der Waals surface area contributed by atoms with E-state index in [2.05, 4.69) is 10.2 Å². The van der Waals surface area contributed by atoms with Crippen LogP contribution in [0, 0.1) is 0 Å². The lowest BCUT2D eigenvalue weighted by atomic mass is 10.1. The second kappa shape index (κ2) is 10.7. The lowest BCUT2D eigenvalue weighted by molar-refractivity contribution is -0.121. The van der Waals surface area contributed by atoms with Crippen molar-refractivity contribution >= 4 is 40.9 Å². The fourth-order valence-electron chi connectivity index (χ4n) is 4.13. The van der Waals surface area contributed by atoms with Crippen LogP contribution in [0.2, 0.25) is 10.0 Å². The molecule has 0 aromatic heterocycles. The Morgan fingerprint density at radius 3 is 2.32 bits per heavy atom. The number of rotatable bonds is 8. The molecule has 2 heterocycles. The molecule has 4 rings (SSSR count). The van der Waals surface area contributed by atoms with E-state index in [9.17, 15) is 19.5 Å². The molecule has 34 heavy (non-hydrogen) atoms. The normalized spacial score (nSPS) is 17.6. The number of benzene rings is 2. The maximum Gasteiger partial charge on any atom is 0.262 e. The Morgan fingerprint density at radius 2 is 1.71 bits per heavy atom. The molecule has 2 aliphatic heterocycles. The number of aliphatic hydroxyl groups is 1. The van der Waals surface area contributed by atoms with Gasteiger partial charge in [-0.05, 0) is 37.1 Å². The number of halogens is 2. The molecule has 2 aromatic carbocycles. The summed E-state index contributed by atoms with van der Waals surface area (Å²) in [5, 5.41) is 13.9. The molecule has 1 atom stereocenters. The van der Waals surface area contributed by atoms with Crippen LogP contribution in [-0.2, 0) is 4.79 Å². The van der Waals surface area contributed by atoms with Gasteiger partial charge in [0, 0.05) is 32.2 Å². The van der Waals surface area contributed by atoms with Gasteiger partial charge in [0.05, 0.1) is 27.3 Å². The number of hydrogen-bond acceptors (Lipinski definition) is 6. The van der Waals surface area contributed by atoms with Crippen molar-refractivity contribution in [2.45, 2.75) is 25.0 Å². The predicted molar refractivity (Wildman–Crippen MR) is 127 cm³/mol. The fraction of sp³-hybridized carbons (Fsp3) is 0.375. The van der Waals surface area contributed by atoms with Crippen LogP contribution in [0.5, 0.6) is 5.75 Å². The zero-order valence-electron chi connectivity index (χ0n) is 18.4. The third-order valence-corrected chi connectivity index (χ3v) is 6.65. The summed E-state index contributed by atoms with van der Waals surface area (Å²) in [7, 11) is 0. The lowest BCUT2D eigenvalue weighted by Crippen LogP contribution is -2.46. The topological polar surface area (TPSA) is 99.2 Å². The molecule has 0 bridgehead atoms. The number of carbonyl (C=O) groups is 3. The molecule has 0 spiro atoms. The number of nitrogens with zero attached hydrogens (tertiary/aromatic N) is 2. The summed E-state index contributed by atoms with van der Waals surface area (Å²) in [5.74, 6) is -0.791. The van der Waals surface area contributed by atoms with Gasteiger partial charge in [-0.3, -0.25) is 19.3 Å². The maximum absolute atomic E-state index is 12.4. The van der Waals surface area contributed by atoms with E-state index >= 15 is 0 Å². The highest BCUT2D eigenvalue weighted by molar-refractivity contribution is 6.42. The molecular formula is C24H25Cl2N3O5. The van der Waals surface area contributed by atoms with E-state index < -0.39 is 23.8 Å². The van der Waals surface area contributed by atoms with Gasteiger partial charge in [-0.2, -0.15) is 0 Å². The highest BCUT2D eigenvalue weighted by Crippen LogP contribution is 2.28. The minimum absolute atomic E-state index is 0.0295. The first-order valence-corrected chi connectivity index (χ1v) is 11.8. The molecule has 1 saturated heterocycles. The van der Waals surface area contributed by atoms with E-state index in [0.29, 0.717) is 33.5 Å². The first kappa shape index (κ1) is 24.5. The molecule has 8 nitrogen and oxygen atoms in total. The van der Waals surface area contributed by atoms with E-state index in [1.165, 1.54) is 0 Å². The van der Waals surface area contributed by atoms with Gasteiger partial charge in [0.25, 0.3) is 11.8 Å². The van der Waals surface area contributed by atoms with Crippen molar-refractivity contribution in [3.8, 4) is 5.75 Å². The number of likely N-dealkylation sites (tertiary alicyclic amines) is 1. The first-order valence-electron chi connectivity index (χ1n) is 11.1. The third-order valence-electron chi connectivity index (χ3n) is 5.91. The van der Waals surface area contributed by atoms with Gasteiger partial charge in [0.1, 0.15) is 18.4 Å². The largest absolute Gasteiger partial charge is 0.490 e. The van der Waals surface area contributed by atoms with Crippen LogP contribution >= 0.6 is 23.2 Å². The van der Waals surface area contributed by atoms with Crippen LogP contribution in [0.15, 0.2) is 42.5 Å². The molecular weight excluding hydrogens is 481 g/mol. The molecule has 0 saturated carbocycles. The molecule has 2 aliphatic rings. The van der Waals surface area contributed by atoms with Crippen LogP contribution in [0.3, 0.4) is 0 Å². The summed E-state index contributed by atoms with van der Waals surface area (Å²) < 4.78 is 5.98. The summed E-state index contributed by atoms with van der Waals surface area (Å²) in [6, 6.07) is 11.7. The highest BCUT2D eigenvalue weighted by atomic mass is 35.5. The molecule has 180 valence electrons. The van der Waals surface area contributed by atoms with E-state index in [0.717, 1.165) is 30.8 Å². The van der Waals surface area contributed by atoms with E-state index in [-0.39, 0.29) is 19.2 Å². The number of β-amino-alcohol motifs (C(OH)–C–C–N with tert-alkyl or cyclic N) is 1. The monoisotopic (exact) mass is 505 g/mol. The van der Waals surface area contributed by atoms with Crippen molar-refractivity contribution < 1.29 is 24.2 Å². The summed E-state index contributed by atoms with van der Waals surface area (Å²) in [5.41, 5.74) is 0.596. The average Bonchev–Trinajstić information content (AvgIpc) is 3.06. The minimum atomic E-state index is -0.779.